The number of carboxylic acid groups (broad SMARTS) is 1. The summed E-state index contributed by atoms with van der Waals surface area (Å²) in [5, 5.41) is 11.2. The molecule has 2 aromatic carbocycles. The maximum absolute atomic E-state index is 12.6. The normalized spacial score (nSPS) is 17.4. The van der Waals surface area contributed by atoms with Crippen molar-refractivity contribution in [3.8, 4) is 11.1 Å². The van der Waals surface area contributed by atoms with Crippen LogP contribution in [0, 0.1) is 0 Å². The molecule has 184 valence electrons. The van der Waals surface area contributed by atoms with E-state index in [9.17, 15) is 9.59 Å². The molecule has 1 aliphatic heterocycles. The van der Waals surface area contributed by atoms with Crippen LogP contribution < -0.4 is 10.8 Å². The van der Waals surface area contributed by atoms with Gasteiger partial charge in [0.1, 0.15) is 12.6 Å². The Balaban J connectivity index is 0.000000343. The summed E-state index contributed by atoms with van der Waals surface area (Å²) in [7, 11) is -2.64. The fourth-order valence-corrected chi connectivity index (χ4v) is 5.07. The molecule has 1 aliphatic carbocycles. The number of aliphatic carboxylic acids is 1. The van der Waals surface area contributed by atoms with Crippen molar-refractivity contribution in [3.63, 3.8) is 0 Å². The highest BCUT2D eigenvalue weighted by atomic mass is 28.4. The van der Waals surface area contributed by atoms with Crippen molar-refractivity contribution in [2.75, 3.05) is 13.2 Å². The zero-order valence-electron chi connectivity index (χ0n) is 20.7. The zero-order valence-corrected chi connectivity index (χ0v) is 21.7. The summed E-state index contributed by atoms with van der Waals surface area (Å²) in [6.07, 6.45) is 1.78. The van der Waals surface area contributed by atoms with Crippen molar-refractivity contribution >= 4 is 19.9 Å². The first-order chi connectivity index (χ1) is 16.0. The number of carbonyl (C=O) groups excluding carboxylic acids is 1. The Hall–Kier alpha value is -2.52. The third kappa shape index (κ3) is 6.54. The lowest BCUT2D eigenvalue weighted by molar-refractivity contribution is -0.139. The van der Waals surface area contributed by atoms with Gasteiger partial charge in [-0.25, -0.2) is 5.48 Å². The van der Waals surface area contributed by atoms with Crippen LogP contribution in [0.15, 0.2) is 48.5 Å². The molecule has 0 aromatic heterocycles. The smallest absolute Gasteiger partial charge is 0.337 e. The Morgan fingerprint density at radius 3 is 2.06 bits per heavy atom. The number of carboxylic acids is 1. The molecule has 1 fully saturated rings. The highest BCUT2D eigenvalue weighted by Gasteiger charge is 2.38. The lowest BCUT2D eigenvalue weighted by Crippen LogP contribution is -2.50. The third-order valence-electron chi connectivity index (χ3n) is 5.81. The Kier molecular flexibility index (Phi) is 8.30. The van der Waals surface area contributed by atoms with Crippen LogP contribution >= 0.6 is 0 Å². The Labute approximate surface area is 202 Å². The molecule has 1 atom stereocenters. The number of nitrogens with one attached hydrogen (secondary N) is 2. The van der Waals surface area contributed by atoms with E-state index < -0.39 is 14.3 Å². The Bertz CT molecular complexity index is 967. The second kappa shape index (κ2) is 10.8. The lowest BCUT2D eigenvalue weighted by atomic mass is 9.98. The minimum atomic E-state index is -2.64. The van der Waals surface area contributed by atoms with Crippen LogP contribution in [0.2, 0.25) is 13.1 Å². The highest BCUT2D eigenvalue weighted by Crippen LogP contribution is 2.44. The van der Waals surface area contributed by atoms with Crippen LogP contribution in [0.1, 0.15) is 50.7 Å². The molecule has 7 nitrogen and oxygen atoms in total. The number of carbonyl (C=O) groups is 2. The molecular weight excluding hydrogens is 448 g/mol. The molecule has 0 saturated carbocycles. The SMILES string of the molecule is CC(C)(C)NO[Si](C)(C)C(=O)OCC1c2ccccc2-c2ccccc21.O=C(O)[C@@H]1CCCN1. The fraction of sp³-hybridized carbons (Fsp3) is 0.462. The molecule has 0 amide bonds. The molecule has 3 N–H and O–H groups in total. The Morgan fingerprint density at radius 2 is 1.62 bits per heavy atom. The van der Waals surface area contributed by atoms with Gasteiger partial charge in [0.05, 0.1) is 0 Å². The lowest BCUT2D eigenvalue weighted by Gasteiger charge is -2.27. The number of rotatable bonds is 6. The van der Waals surface area contributed by atoms with Crippen molar-refractivity contribution < 1.29 is 24.0 Å². The van der Waals surface area contributed by atoms with Gasteiger partial charge in [-0.05, 0) is 75.5 Å². The van der Waals surface area contributed by atoms with E-state index >= 15 is 0 Å². The van der Waals surface area contributed by atoms with E-state index in [0.717, 1.165) is 19.4 Å². The molecule has 4 rings (SSSR count). The van der Waals surface area contributed by atoms with Gasteiger partial charge in [-0.2, -0.15) is 0 Å². The van der Waals surface area contributed by atoms with Crippen LogP contribution in [0.3, 0.4) is 0 Å². The summed E-state index contributed by atoms with van der Waals surface area (Å²) in [4.78, 5) is 22.8. The predicted octanol–water partition coefficient (Wildman–Crippen LogP) is 4.87. The molecule has 1 heterocycles. The minimum absolute atomic E-state index is 0.0757. The van der Waals surface area contributed by atoms with Gasteiger partial charge in [-0.1, -0.05) is 48.5 Å². The summed E-state index contributed by atoms with van der Waals surface area (Å²) >= 11 is 0. The van der Waals surface area contributed by atoms with E-state index in [-0.39, 0.29) is 23.1 Å². The van der Waals surface area contributed by atoms with E-state index in [4.69, 9.17) is 14.4 Å². The zero-order chi connectivity index (χ0) is 24.9. The monoisotopic (exact) mass is 484 g/mol. The quantitative estimate of drug-likeness (QED) is 0.398. The average molecular weight is 485 g/mol. The molecule has 2 aliphatic rings. The van der Waals surface area contributed by atoms with Crippen LogP contribution in [-0.4, -0.2) is 49.7 Å². The number of hydroxylamine groups is 1. The van der Waals surface area contributed by atoms with Gasteiger partial charge >= 0.3 is 19.9 Å². The largest absolute Gasteiger partial charge is 0.480 e. The van der Waals surface area contributed by atoms with E-state index in [2.05, 4.69) is 35.1 Å². The molecule has 2 aromatic rings. The molecule has 34 heavy (non-hydrogen) atoms. The first kappa shape index (κ1) is 26.1. The maximum atomic E-state index is 12.6. The second-order valence-corrected chi connectivity index (χ2v) is 13.9. The molecule has 0 bridgehead atoms. The molecule has 0 spiro atoms. The maximum Gasteiger partial charge on any atom is 0.337 e. The molecule has 0 radical (unpaired) electrons. The standard InChI is InChI=1S/C21H27NO3Si.C5H9NO2/c1-21(2,3)22-25-26(4,5)20(23)24-14-19-17-12-8-6-10-15(17)16-11-7-9-13-18(16)19;7-5(8)4-2-1-3-6-4/h6-13,19,22H,14H2,1-5H3;4,6H,1-3H2,(H,7,8)/t;4-/m.0/s1. The van der Waals surface area contributed by atoms with Gasteiger partial charge in [0.25, 0.3) is 0 Å². The number of hydrogen-bond donors (Lipinski definition) is 3. The van der Waals surface area contributed by atoms with Gasteiger partial charge in [-0.3, -0.25) is 9.59 Å². The molecule has 1 saturated heterocycles. The topological polar surface area (TPSA) is 96.9 Å². The number of benzene rings is 2. The summed E-state index contributed by atoms with van der Waals surface area (Å²) in [6, 6.07) is 16.4. The minimum Gasteiger partial charge on any atom is -0.480 e. The summed E-state index contributed by atoms with van der Waals surface area (Å²) < 4.78 is 11.5. The van der Waals surface area contributed by atoms with Crippen LogP contribution in [0.25, 0.3) is 11.1 Å². The van der Waals surface area contributed by atoms with Gasteiger partial charge in [-0.15, -0.1) is 0 Å². The van der Waals surface area contributed by atoms with Gasteiger partial charge in [0.15, 0.2) is 0 Å². The van der Waals surface area contributed by atoms with Crippen molar-refractivity contribution in [1.29, 1.82) is 0 Å². The van der Waals surface area contributed by atoms with Crippen molar-refractivity contribution in [3.05, 3.63) is 59.7 Å². The number of fused-ring (bicyclic) bond motifs is 3. The highest BCUT2D eigenvalue weighted by molar-refractivity contribution is 6.98. The van der Waals surface area contributed by atoms with Crippen LogP contribution in [-0.2, 0) is 14.1 Å². The van der Waals surface area contributed by atoms with E-state index in [1.165, 1.54) is 22.3 Å². The first-order valence-electron chi connectivity index (χ1n) is 11.8. The fourth-order valence-electron chi connectivity index (χ4n) is 3.99. The average Bonchev–Trinajstić information content (AvgIpc) is 3.43. The van der Waals surface area contributed by atoms with Gasteiger partial charge in [0.2, 0.25) is 0 Å². The van der Waals surface area contributed by atoms with Crippen molar-refractivity contribution in [2.45, 2.75) is 64.2 Å². The molecule has 8 heteroatoms. The van der Waals surface area contributed by atoms with Crippen molar-refractivity contribution in [1.82, 2.24) is 10.8 Å². The van der Waals surface area contributed by atoms with Crippen molar-refractivity contribution in [2.24, 2.45) is 0 Å². The van der Waals surface area contributed by atoms with Crippen LogP contribution in [0.4, 0.5) is 4.79 Å². The van der Waals surface area contributed by atoms with E-state index in [1.54, 1.807) is 0 Å². The summed E-state index contributed by atoms with van der Waals surface area (Å²) in [5.41, 5.74) is 7.40. The number of hydrogen-bond acceptors (Lipinski definition) is 6. The van der Waals surface area contributed by atoms with E-state index in [1.807, 2.05) is 58.1 Å². The first-order valence-corrected chi connectivity index (χ1v) is 14.7. The second-order valence-electron chi connectivity index (χ2n) is 10.3. The predicted molar refractivity (Wildman–Crippen MR) is 135 cm³/mol. The van der Waals surface area contributed by atoms with Gasteiger partial charge in [0, 0.05) is 11.5 Å². The van der Waals surface area contributed by atoms with Gasteiger partial charge < -0.3 is 19.7 Å². The van der Waals surface area contributed by atoms with Crippen LogP contribution in [0.5, 0.6) is 0 Å². The third-order valence-corrected chi connectivity index (χ3v) is 7.55. The molecular formula is C26H36N2O5Si. The molecule has 0 unspecified atom stereocenters. The summed E-state index contributed by atoms with van der Waals surface area (Å²) in [6.45, 7) is 10.9. The Morgan fingerprint density at radius 1 is 1.06 bits per heavy atom. The number of ether oxygens (including phenoxy) is 1. The van der Waals surface area contributed by atoms with E-state index in [0.29, 0.717) is 6.61 Å². The summed E-state index contributed by atoms with van der Waals surface area (Å²) in [5.74, 6) is -0.644.